The molecule has 1 fully saturated rings. The highest BCUT2D eigenvalue weighted by Crippen LogP contribution is 2.30. The average molecular weight is 305 g/mol. The molecule has 2 aromatic heterocycles. The van der Waals surface area contributed by atoms with Gasteiger partial charge >= 0.3 is 0 Å². The summed E-state index contributed by atoms with van der Waals surface area (Å²) in [5, 5.41) is 9.09. The van der Waals surface area contributed by atoms with Crippen LogP contribution in [-0.2, 0) is 11.3 Å². The van der Waals surface area contributed by atoms with Crippen LogP contribution in [0.5, 0.6) is 0 Å². The molecule has 3 heterocycles. The zero-order valence-electron chi connectivity index (χ0n) is 12.0. The Kier molecular flexibility index (Phi) is 4.36. The molecule has 1 aliphatic heterocycles. The maximum atomic E-state index is 12.1. The van der Waals surface area contributed by atoms with Crippen LogP contribution < -0.4 is 5.32 Å². The summed E-state index contributed by atoms with van der Waals surface area (Å²) < 4.78 is 5.15. The second kappa shape index (κ2) is 6.41. The van der Waals surface area contributed by atoms with Gasteiger partial charge in [0.1, 0.15) is 11.5 Å². The van der Waals surface area contributed by atoms with Crippen LogP contribution in [0.3, 0.4) is 0 Å². The van der Waals surface area contributed by atoms with E-state index in [9.17, 15) is 4.79 Å². The van der Waals surface area contributed by atoms with Crippen LogP contribution in [0.1, 0.15) is 35.2 Å². The van der Waals surface area contributed by atoms with Crippen molar-refractivity contribution in [3.63, 3.8) is 0 Å². The first-order valence-corrected chi connectivity index (χ1v) is 8.06. The van der Waals surface area contributed by atoms with Gasteiger partial charge in [0.05, 0.1) is 19.1 Å². The second-order valence-electron chi connectivity index (χ2n) is 5.35. The maximum absolute atomic E-state index is 12.1. The number of aromatic nitrogens is 1. The largest absolute Gasteiger partial charge is 0.361 e. The molecule has 1 N–H and O–H groups in total. The van der Waals surface area contributed by atoms with Gasteiger partial charge in [-0.1, -0.05) is 11.2 Å². The Morgan fingerprint density at radius 1 is 1.62 bits per heavy atom. The quantitative estimate of drug-likeness (QED) is 0.922. The molecule has 21 heavy (non-hydrogen) atoms. The fourth-order valence-electron chi connectivity index (χ4n) is 2.73. The molecule has 1 atom stereocenters. The minimum atomic E-state index is 0.0653. The Morgan fingerprint density at radius 3 is 3.24 bits per heavy atom. The van der Waals surface area contributed by atoms with Crippen LogP contribution >= 0.6 is 11.3 Å². The summed E-state index contributed by atoms with van der Waals surface area (Å²) in [7, 11) is 0. The molecule has 6 heteroatoms. The standard InChI is InChI=1S/C15H19N3O2S/c1-11-8-13(17-20-11)14-5-2-6-18(14)10-15(19)16-9-12-4-3-7-21-12/h3-4,7-8,14H,2,5-6,9-10H2,1H3,(H,16,19)/t14-/m1/s1. The van der Waals surface area contributed by atoms with Crippen LogP contribution in [0.2, 0.25) is 0 Å². The molecule has 5 nitrogen and oxygen atoms in total. The zero-order valence-corrected chi connectivity index (χ0v) is 12.9. The topological polar surface area (TPSA) is 58.4 Å². The SMILES string of the molecule is Cc1cc([C@H]2CCCN2CC(=O)NCc2cccs2)no1. The lowest BCUT2D eigenvalue weighted by Crippen LogP contribution is -2.36. The van der Waals surface area contributed by atoms with E-state index in [0.717, 1.165) is 30.8 Å². The number of thiophene rings is 1. The molecule has 0 aromatic carbocycles. The molecule has 0 radical (unpaired) electrons. The van der Waals surface area contributed by atoms with Crippen molar-refractivity contribution in [3.8, 4) is 0 Å². The van der Waals surface area contributed by atoms with Gasteiger partial charge in [0.2, 0.25) is 5.91 Å². The summed E-state index contributed by atoms with van der Waals surface area (Å²) in [4.78, 5) is 15.4. The number of nitrogens with zero attached hydrogens (tertiary/aromatic N) is 2. The summed E-state index contributed by atoms with van der Waals surface area (Å²) in [5.74, 6) is 0.884. The number of carbonyl (C=O) groups is 1. The number of carbonyl (C=O) groups excluding carboxylic acids is 1. The Balaban J connectivity index is 1.54. The van der Waals surface area contributed by atoms with E-state index in [0.29, 0.717) is 13.1 Å². The van der Waals surface area contributed by atoms with Gasteiger partial charge in [-0.3, -0.25) is 9.69 Å². The highest BCUT2D eigenvalue weighted by atomic mass is 32.1. The van der Waals surface area contributed by atoms with E-state index < -0.39 is 0 Å². The lowest BCUT2D eigenvalue weighted by Gasteiger charge is -2.21. The first-order valence-electron chi connectivity index (χ1n) is 7.19. The third-order valence-electron chi connectivity index (χ3n) is 3.74. The van der Waals surface area contributed by atoms with Gasteiger partial charge in [-0.05, 0) is 37.8 Å². The van der Waals surface area contributed by atoms with Crippen molar-refractivity contribution in [3.05, 3.63) is 39.9 Å². The molecule has 0 aliphatic carbocycles. The van der Waals surface area contributed by atoms with Crippen molar-refractivity contribution in [2.24, 2.45) is 0 Å². The molecule has 0 unspecified atom stereocenters. The molecule has 3 rings (SSSR count). The van der Waals surface area contributed by atoms with Gasteiger partial charge < -0.3 is 9.84 Å². The van der Waals surface area contributed by atoms with E-state index in [4.69, 9.17) is 4.52 Å². The summed E-state index contributed by atoms with van der Waals surface area (Å²) in [5.41, 5.74) is 0.941. The van der Waals surface area contributed by atoms with Gasteiger partial charge in [0.25, 0.3) is 0 Å². The molecule has 2 aromatic rings. The molecule has 1 aliphatic rings. The van der Waals surface area contributed by atoms with Crippen molar-refractivity contribution in [1.82, 2.24) is 15.4 Å². The van der Waals surface area contributed by atoms with Gasteiger partial charge in [0, 0.05) is 10.9 Å². The van der Waals surface area contributed by atoms with Gasteiger partial charge in [-0.2, -0.15) is 0 Å². The van der Waals surface area contributed by atoms with E-state index in [-0.39, 0.29) is 11.9 Å². The van der Waals surface area contributed by atoms with Gasteiger partial charge in [0.15, 0.2) is 0 Å². The molecular weight excluding hydrogens is 286 g/mol. The Hall–Kier alpha value is -1.66. The molecule has 0 saturated carbocycles. The van der Waals surface area contributed by atoms with E-state index in [1.807, 2.05) is 30.5 Å². The normalized spacial score (nSPS) is 19.0. The number of rotatable bonds is 5. The third kappa shape index (κ3) is 3.51. The predicted octanol–water partition coefficient (Wildman–Crippen LogP) is 2.50. The Morgan fingerprint density at radius 2 is 2.52 bits per heavy atom. The average Bonchev–Trinajstić information content (AvgIpc) is 3.17. The number of amides is 1. The highest BCUT2D eigenvalue weighted by Gasteiger charge is 2.29. The van der Waals surface area contributed by atoms with E-state index in [1.54, 1.807) is 11.3 Å². The van der Waals surface area contributed by atoms with Crippen LogP contribution in [-0.4, -0.2) is 29.1 Å². The number of hydrogen-bond donors (Lipinski definition) is 1. The fraction of sp³-hybridized carbons (Fsp3) is 0.467. The Labute approximate surface area is 127 Å². The molecule has 1 saturated heterocycles. The van der Waals surface area contributed by atoms with Gasteiger partial charge in [-0.15, -0.1) is 11.3 Å². The highest BCUT2D eigenvalue weighted by molar-refractivity contribution is 7.09. The first-order chi connectivity index (χ1) is 10.2. The summed E-state index contributed by atoms with van der Waals surface area (Å²) >= 11 is 1.66. The van der Waals surface area contributed by atoms with Crippen LogP contribution in [0.25, 0.3) is 0 Å². The van der Waals surface area contributed by atoms with E-state index >= 15 is 0 Å². The third-order valence-corrected chi connectivity index (χ3v) is 4.61. The van der Waals surface area contributed by atoms with Gasteiger partial charge in [-0.25, -0.2) is 0 Å². The minimum Gasteiger partial charge on any atom is -0.361 e. The summed E-state index contributed by atoms with van der Waals surface area (Å²) in [6.45, 7) is 3.85. The van der Waals surface area contributed by atoms with Crippen molar-refractivity contribution < 1.29 is 9.32 Å². The number of aryl methyl sites for hydroxylation is 1. The van der Waals surface area contributed by atoms with Crippen LogP contribution in [0, 0.1) is 6.92 Å². The maximum Gasteiger partial charge on any atom is 0.234 e. The van der Waals surface area contributed by atoms with E-state index in [1.165, 1.54) is 4.88 Å². The summed E-state index contributed by atoms with van der Waals surface area (Å²) in [6, 6.07) is 6.19. The monoisotopic (exact) mass is 305 g/mol. The van der Waals surface area contributed by atoms with Crippen molar-refractivity contribution in [2.45, 2.75) is 32.4 Å². The predicted molar refractivity (Wildman–Crippen MR) is 81.0 cm³/mol. The Bertz CT molecular complexity index is 594. The first kappa shape index (κ1) is 14.3. The second-order valence-corrected chi connectivity index (χ2v) is 6.38. The smallest absolute Gasteiger partial charge is 0.234 e. The molecular formula is C15H19N3O2S. The van der Waals surface area contributed by atoms with Crippen molar-refractivity contribution in [1.29, 1.82) is 0 Å². The lowest BCUT2D eigenvalue weighted by atomic mass is 10.1. The number of likely N-dealkylation sites (tertiary alicyclic amines) is 1. The molecule has 1 amide bonds. The molecule has 112 valence electrons. The molecule has 0 spiro atoms. The van der Waals surface area contributed by atoms with Crippen LogP contribution in [0.4, 0.5) is 0 Å². The summed E-state index contributed by atoms with van der Waals surface area (Å²) in [6.07, 6.45) is 2.12. The fourth-order valence-corrected chi connectivity index (χ4v) is 3.38. The number of nitrogens with one attached hydrogen (secondary N) is 1. The minimum absolute atomic E-state index is 0.0653. The van der Waals surface area contributed by atoms with E-state index in [2.05, 4.69) is 15.4 Å². The van der Waals surface area contributed by atoms with Crippen molar-refractivity contribution in [2.75, 3.05) is 13.1 Å². The molecule has 0 bridgehead atoms. The van der Waals surface area contributed by atoms with Crippen molar-refractivity contribution >= 4 is 17.2 Å². The number of hydrogen-bond acceptors (Lipinski definition) is 5. The zero-order chi connectivity index (χ0) is 14.7. The lowest BCUT2D eigenvalue weighted by molar-refractivity contribution is -0.122. The van der Waals surface area contributed by atoms with Crippen LogP contribution in [0.15, 0.2) is 28.1 Å².